The van der Waals surface area contributed by atoms with E-state index in [2.05, 4.69) is 36.0 Å². The second-order valence-electron chi connectivity index (χ2n) is 9.28. The summed E-state index contributed by atoms with van der Waals surface area (Å²) in [5, 5.41) is 16.0. The van der Waals surface area contributed by atoms with Crippen LogP contribution in [-0.2, 0) is 13.7 Å². The topological polar surface area (TPSA) is 318 Å². The Balaban J connectivity index is 0.00000117. The van der Waals surface area contributed by atoms with E-state index in [9.17, 15) is 10.1 Å². The molecule has 0 aliphatic carbocycles. The zero-order valence-corrected chi connectivity index (χ0v) is 28.7. The minimum atomic E-state index is -4.64. The van der Waals surface area contributed by atoms with Crippen molar-refractivity contribution in [3.63, 3.8) is 0 Å². The minimum absolute atomic E-state index is 0.288. The zero-order valence-electron chi connectivity index (χ0n) is 25.3. The monoisotopic (exact) mass is 750 g/mol. The number of anilines is 1. The molecule has 0 saturated heterocycles. The van der Waals surface area contributed by atoms with Gasteiger partial charge in [0.25, 0.3) is 0 Å². The number of hydrogen-bond acceptors (Lipinski definition) is 9. The first-order valence-corrected chi connectivity index (χ1v) is 18.3. The smallest absolute Gasteiger partial charge is 0.401 e. The van der Waals surface area contributed by atoms with Gasteiger partial charge in [0.2, 0.25) is 0 Å². The summed E-state index contributed by atoms with van der Waals surface area (Å²) < 4.78 is 31.8. The number of pyridine rings is 1. The Morgan fingerprint density at radius 1 is 0.936 bits per heavy atom. The number of rotatable bonds is 11. The largest absolute Gasteiger partial charge is 0.466 e. The van der Waals surface area contributed by atoms with Crippen molar-refractivity contribution in [1.29, 1.82) is 0 Å². The van der Waals surface area contributed by atoms with Crippen molar-refractivity contribution in [2.24, 2.45) is 0 Å². The highest BCUT2D eigenvalue weighted by Crippen LogP contribution is 2.29. The van der Waals surface area contributed by atoms with Gasteiger partial charge in [0.05, 0.1) is 17.3 Å². The molecule has 0 saturated carbocycles. The molecule has 10 N–H and O–H groups in total. The van der Waals surface area contributed by atoms with Crippen LogP contribution in [0.5, 0.6) is 0 Å². The summed E-state index contributed by atoms with van der Waals surface area (Å²) in [6.45, 7) is 9.80. The normalized spacial score (nSPS) is 12.4. The molecule has 1 aromatic carbocycles. The Labute approximate surface area is 274 Å². The van der Waals surface area contributed by atoms with Crippen LogP contribution in [0.25, 0.3) is 23.1 Å². The number of nitro groups is 1. The molecule has 1 unspecified atom stereocenters. The van der Waals surface area contributed by atoms with Crippen LogP contribution in [0.15, 0.2) is 40.8 Å². The molecule has 2 heterocycles. The van der Waals surface area contributed by atoms with Crippen LogP contribution in [-0.4, -0.2) is 84.5 Å². The second-order valence-corrected chi connectivity index (χ2v) is 12.8. The van der Waals surface area contributed by atoms with E-state index in [4.69, 9.17) is 73.8 Å². The van der Waals surface area contributed by atoms with Gasteiger partial charge < -0.3 is 58.7 Å². The van der Waals surface area contributed by atoms with Crippen LogP contribution in [0, 0.1) is 10.1 Å². The molecule has 47 heavy (non-hydrogen) atoms. The van der Waals surface area contributed by atoms with Crippen LogP contribution in [0.2, 0.25) is 5.02 Å². The van der Waals surface area contributed by atoms with Gasteiger partial charge in [0.15, 0.2) is 0 Å². The van der Waals surface area contributed by atoms with Gasteiger partial charge >= 0.3 is 29.4 Å². The molecular formula is C24H38ClN4O15P3. The fourth-order valence-corrected chi connectivity index (χ4v) is 3.79. The third-order valence-corrected chi connectivity index (χ3v) is 5.65. The van der Waals surface area contributed by atoms with E-state index in [-0.39, 0.29) is 11.9 Å². The average molecular weight is 751 g/mol. The number of hydrogen-bond donors (Lipinski definition) is 10. The molecule has 19 nitrogen and oxygen atoms in total. The third kappa shape index (κ3) is 25.2. The Hall–Kier alpha value is -2.57. The van der Waals surface area contributed by atoms with Gasteiger partial charge in [-0.25, -0.2) is 18.7 Å². The van der Waals surface area contributed by atoms with E-state index in [0.717, 1.165) is 49.1 Å². The molecule has 3 aromatic rings. The molecule has 23 heteroatoms. The highest BCUT2D eigenvalue weighted by molar-refractivity contribution is 7.45. The predicted molar refractivity (Wildman–Crippen MR) is 174 cm³/mol. The molecule has 0 radical (unpaired) electrons. The van der Waals surface area contributed by atoms with Gasteiger partial charge in [-0.3, -0.25) is 10.1 Å². The maximum absolute atomic E-state index is 10.8. The standard InChI is InChI=1S/C24H29ClN4O3.3H3O4P/c1-4-28(5-2)14-6-7-17(3)26-23-16-19(27-22-15-18(25)8-12-21(22)23)9-10-20-11-13-24(32-20)29(30)31;3*1-5(2,3)4/h8-13,15-17H,4-7,14H2,1-3H3,(H,26,27);3*(H3,1,2,3,4)/b10-9+;;;. The molecule has 0 bridgehead atoms. The van der Waals surface area contributed by atoms with Crippen LogP contribution >= 0.6 is 35.1 Å². The van der Waals surface area contributed by atoms with Crippen molar-refractivity contribution in [2.75, 3.05) is 25.0 Å². The van der Waals surface area contributed by atoms with Crippen molar-refractivity contribution in [3.8, 4) is 0 Å². The van der Waals surface area contributed by atoms with Crippen LogP contribution in [0.4, 0.5) is 11.6 Å². The molecular weight excluding hydrogens is 713 g/mol. The van der Waals surface area contributed by atoms with Gasteiger partial charge in [0, 0.05) is 22.1 Å². The van der Waals surface area contributed by atoms with Gasteiger partial charge in [-0.05, 0) is 81.9 Å². The van der Waals surface area contributed by atoms with Gasteiger partial charge in [-0.15, -0.1) is 0 Å². The van der Waals surface area contributed by atoms with Crippen molar-refractivity contribution >= 4 is 69.7 Å². The number of nitrogens with one attached hydrogen (secondary N) is 1. The highest BCUT2D eigenvalue weighted by Gasteiger charge is 2.12. The molecule has 0 aliphatic rings. The lowest BCUT2D eigenvalue weighted by molar-refractivity contribution is -0.402. The first kappa shape index (κ1) is 44.4. The maximum Gasteiger partial charge on any atom is 0.466 e. The first-order valence-electron chi connectivity index (χ1n) is 13.3. The van der Waals surface area contributed by atoms with Gasteiger partial charge in [-0.1, -0.05) is 25.4 Å². The number of furan rings is 1. The van der Waals surface area contributed by atoms with E-state index in [1.165, 1.54) is 6.07 Å². The summed E-state index contributed by atoms with van der Waals surface area (Å²) in [6, 6.07) is 10.8. The van der Waals surface area contributed by atoms with Crippen LogP contribution in [0.1, 0.15) is 45.1 Å². The Morgan fingerprint density at radius 2 is 1.47 bits per heavy atom. The number of benzene rings is 1. The molecule has 0 spiro atoms. The summed E-state index contributed by atoms with van der Waals surface area (Å²) >= 11 is 6.20. The molecule has 0 amide bonds. The molecule has 0 aliphatic heterocycles. The quantitative estimate of drug-likeness (QED) is 0.0758. The Kier molecular flexibility index (Phi) is 19.6. The van der Waals surface area contributed by atoms with Gasteiger partial charge in [-0.2, -0.15) is 0 Å². The van der Waals surface area contributed by atoms with E-state index >= 15 is 0 Å². The lowest BCUT2D eigenvalue weighted by atomic mass is 10.1. The number of aromatic nitrogens is 1. The molecule has 1 atom stereocenters. The lowest BCUT2D eigenvalue weighted by Gasteiger charge is -2.21. The summed E-state index contributed by atoms with van der Waals surface area (Å²) in [6.07, 6.45) is 5.62. The van der Waals surface area contributed by atoms with Crippen LogP contribution in [0.3, 0.4) is 0 Å². The fraction of sp³-hybridized carbons (Fsp3) is 0.375. The number of nitrogens with zero attached hydrogens (tertiary/aromatic N) is 3. The summed E-state index contributed by atoms with van der Waals surface area (Å²) in [5.74, 6) is 0.104. The molecule has 3 rings (SSSR count). The molecule has 0 fully saturated rings. The van der Waals surface area contributed by atoms with E-state index in [0.29, 0.717) is 16.5 Å². The van der Waals surface area contributed by atoms with Crippen LogP contribution < -0.4 is 5.32 Å². The highest BCUT2D eigenvalue weighted by atomic mass is 35.5. The second kappa shape index (κ2) is 20.7. The van der Waals surface area contributed by atoms with Gasteiger partial charge in [0.1, 0.15) is 10.7 Å². The SMILES string of the molecule is CCN(CC)CCCC(C)Nc1cc(/C=C/c2ccc([N+](=O)[O-])o2)nc2cc(Cl)ccc12.O=P(O)(O)O.O=P(O)(O)O.O=P(O)(O)O. The average Bonchev–Trinajstić information content (AvgIpc) is 3.36. The van der Waals surface area contributed by atoms with E-state index in [1.54, 1.807) is 18.2 Å². The fourth-order valence-electron chi connectivity index (χ4n) is 3.62. The lowest BCUT2D eigenvalue weighted by Crippen LogP contribution is -2.25. The summed E-state index contributed by atoms with van der Waals surface area (Å²) in [4.78, 5) is 82.0. The van der Waals surface area contributed by atoms with Crippen molar-refractivity contribution in [3.05, 3.63) is 63.0 Å². The number of fused-ring (bicyclic) bond motifs is 1. The first-order chi connectivity index (χ1) is 21.4. The Bertz CT molecular complexity index is 1510. The zero-order chi connectivity index (χ0) is 36.6. The minimum Gasteiger partial charge on any atom is -0.401 e. The summed E-state index contributed by atoms with van der Waals surface area (Å²) in [7, 11) is -13.9. The maximum atomic E-state index is 10.8. The number of phosphoric acid groups is 3. The van der Waals surface area contributed by atoms with Crippen molar-refractivity contribution in [1.82, 2.24) is 9.88 Å². The third-order valence-electron chi connectivity index (χ3n) is 5.41. The number of halogens is 1. The Morgan fingerprint density at radius 3 is 1.94 bits per heavy atom. The van der Waals surface area contributed by atoms with E-state index in [1.807, 2.05) is 24.3 Å². The molecule has 2 aromatic heterocycles. The summed E-state index contributed by atoms with van der Waals surface area (Å²) in [5.41, 5.74) is 2.46. The van der Waals surface area contributed by atoms with Crippen molar-refractivity contribution < 1.29 is 67.1 Å². The van der Waals surface area contributed by atoms with Crippen molar-refractivity contribution in [2.45, 2.75) is 39.7 Å². The predicted octanol–water partition coefficient (Wildman–Crippen LogP) is 3.70. The molecule has 266 valence electrons. The van der Waals surface area contributed by atoms with E-state index < -0.39 is 28.4 Å².